The third-order valence-electron chi connectivity index (χ3n) is 2.70. The first-order valence-electron chi connectivity index (χ1n) is 5.96. The molecule has 3 N–H and O–H groups in total. The van der Waals surface area contributed by atoms with Gasteiger partial charge in [-0.1, -0.05) is 30.3 Å². The number of nitro groups is 1. The summed E-state index contributed by atoms with van der Waals surface area (Å²) < 4.78 is 26.3. The van der Waals surface area contributed by atoms with Crippen LogP contribution < -0.4 is 10.5 Å². The predicted octanol–water partition coefficient (Wildman–Crippen LogP) is 2.12. The van der Waals surface area contributed by atoms with Crippen LogP contribution in [-0.2, 0) is 15.8 Å². The highest BCUT2D eigenvalue weighted by molar-refractivity contribution is 7.91. The highest BCUT2D eigenvalue weighted by atomic mass is 32.2. The molecule has 21 heavy (non-hydrogen) atoms. The SMILES string of the molecule is Nc1ccc(NS(=O)(=O)Cc2ccccc2)cc1[N+](=O)[O-]. The zero-order chi connectivity index (χ0) is 15.5. The highest BCUT2D eigenvalue weighted by Crippen LogP contribution is 2.25. The van der Waals surface area contributed by atoms with Crippen molar-refractivity contribution < 1.29 is 13.3 Å². The maximum absolute atomic E-state index is 12.0. The molecule has 2 rings (SSSR count). The lowest BCUT2D eigenvalue weighted by atomic mass is 10.2. The van der Waals surface area contributed by atoms with E-state index in [0.29, 0.717) is 5.56 Å². The van der Waals surface area contributed by atoms with Gasteiger partial charge in [-0.3, -0.25) is 14.8 Å². The largest absolute Gasteiger partial charge is 0.393 e. The van der Waals surface area contributed by atoms with E-state index in [0.717, 1.165) is 6.07 Å². The average molecular weight is 307 g/mol. The Morgan fingerprint density at radius 2 is 1.81 bits per heavy atom. The van der Waals surface area contributed by atoms with Crippen molar-refractivity contribution in [1.82, 2.24) is 0 Å². The standard InChI is InChI=1S/C13H13N3O4S/c14-12-7-6-11(8-13(12)16(17)18)15-21(19,20)9-10-4-2-1-3-5-10/h1-8,15H,9,14H2. The molecule has 0 heterocycles. The molecule has 8 heteroatoms. The topological polar surface area (TPSA) is 115 Å². The second-order valence-electron chi connectivity index (χ2n) is 4.38. The lowest BCUT2D eigenvalue weighted by Crippen LogP contribution is -2.15. The van der Waals surface area contributed by atoms with Gasteiger partial charge in [0, 0.05) is 6.07 Å². The van der Waals surface area contributed by atoms with E-state index in [1.54, 1.807) is 30.3 Å². The summed E-state index contributed by atoms with van der Waals surface area (Å²) in [6.07, 6.45) is 0. The van der Waals surface area contributed by atoms with Gasteiger partial charge in [0.15, 0.2) is 0 Å². The number of nitrogen functional groups attached to an aromatic ring is 1. The minimum Gasteiger partial charge on any atom is -0.393 e. The zero-order valence-electron chi connectivity index (χ0n) is 10.9. The summed E-state index contributed by atoms with van der Waals surface area (Å²) in [4.78, 5) is 10.1. The third kappa shape index (κ3) is 3.93. The minimum absolute atomic E-state index is 0.0222. The number of nitrogens with one attached hydrogen (secondary N) is 1. The lowest BCUT2D eigenvalue weighted by Gasteiger charge is -2.08. The number of hydrogen-bond donors (Lipinski definition) is 2. The van der Waals surface area contributed by atoms with Crippen LogP contribution in [0, 0.1) is 10.1 Å². The van der Waals surface area contributed by atoms with E-state index < -0.39 is 14.9 Å². The van der Waals surface area contributed by atoms with Gasteiger partial charge >= 0.3 is 0 Å². The fourth-order valence-electron chi connectivity index (χ4n) is 1.77. The summed E-state index contributed by atoms with van der Waals surface area (Å²) in [6, 6.07) is 12.4. The molecule has 0 atom stereocenters. The van der Waals surface area contributed by atoms with Gasteiger partial charge in [0.2, 0.25) is 10.0 Å². The molecule has 0 unspecified atom stereocenters. The van der Waals surface area contributed by atoms with Crippen LogP contribution in [0.15, 0.2) is 48.5 Å². The molecule has 0 fully saturated rings. The first-order chi connectivity index (χ1) is 9.87. The summed E-state index contributed by atoms with van der Waals surface area (Å²) in [7, 11) is -3.66. The minimum atomic E-state index is -3.66. The van der Waals surface area contributed by atoms with Gasteiger partial charge in [0.25, 0.3) is 5.69 Å². The van der Waals surface area contributed by atoms with Gasteiger partial charge in [-0.25, -0.2) is 8.42 Å². The fraction of sp³-hybridized carbons (Fsp3) is 0.0769. The van der Waals surface area contributed by atoms with E-state index in [1.165, 1.54) is 12.1 Å². The molecule has 0 aliphatic heterocycles. The van der Waals surface area contributed by atoms with Gasteiger partial charge < -0.3 is 5.73 Å². The zero-order valence-corrected chi connectivity index (χ0v) is 11.7. The first kappa shape index (κ1) is 14.8. The van der Waals surface area contributed by atoms with Crippen molar-refractivity contribution in [3.05, 3.63) is 64.2 Å². The van der Waals surface area contributed by atoms with Gasteiger partial charge in [0.1, 0.15) is 5.69 Å². The molecule has 0 spiro atoms. The summed E-state index contributed by atoms with van der Waals surface area (Å²) in [5.41, 5.74) is 5.82. The summed E-state index contributed by atoms with van der Waals surface area (Å²) in [5, 5.41) is 10.8. The number of sulfonamides is 1. The van der Waals surface area contributed by atoms with E-state index in [9.17, 15) is 18.5 Å². The molecule has 0 aromatic heterocycles. The van der Waals surface area contributed by atoms with Crippen LogP contribution in [0.2, 0.25) is 0 Å². The Morgan fingerprint density at radius 3 is 2.43 bits per heavy atom. The number of hydrogen-bond acceptors (Lipinski definition) is 5. The summed E-state index contributed by atoms with van der Waals surface area (Å²) in [6.45, 7) is 0. The van der Waals surface area contributed by atoms with E-state index in [-0.39, 0.29) is 22.8 Å². The Bertz CT molecular complexity index is 760. The molecular weight excluding hydrogens is 294 g/mol. The van der Waals surface area contributed by atoms with Gasteiger partial charge in [-0.05, 0) is 17.7 Å². The summed E-state index contributed by atoms with van der Waals surface area (Å²) in [5.74, 6) is -0.216. The normalized spacial score (nSPS) is 11.0. The number of nitrogens with two attached hydrogens (primary N) is 1. The Kier molecular flexibility index (Phi) is 4.08. The van der Waals surface area contributed by atoms with Crippen molar-refractivity contribution in [2.45, 2.75) is 5.75 Å². The number of benzene rings is 2. The van der Waals surface area contributed by atoms with Crippen LogP contribution in [0.4, 0.5) is 17.1 Å². The van der Waals surface area contributed by atoms with Gasteiger partial charge in [-0.15, -0.1) is 0 Å². The first-order valence-corrected chi connectivity index (χ1v) is 7.61. The van der Waals surface area contributed by atoms with E-state index in [2.05, 4.69) is 4.72 Å². The predicted molar refractivity (Wildman–Crippen MR) is 80.2 cm³/mol. The Balaban J connectivity index is 2.21. The van der Waals surface area contributed by atoms with E-state index >= 15 is 0 Å². The second kappa shape index (κ2) is 5.80. The fourth-order valence-corrected chi connectivity index (χ4v) is 2.96. The monoisotopic (exact) mass is 307 g/mol. The number of rotatable bonds is 5. The molecule has 7 nitrogen and oxygen atoms in total. The Hall–Kier alpha value is -2.61. The smallest absolute Gasteiger partial charge is 0.294 e. The number of nitrogens with zero attached hydrogens (tertiary/aromatic N) is 1. The molecule has 0 amide bonds. The van der Waals surface area contributed by atoms with Crippen LogP contribution >= 0.6 is 0 Å². The van der Waals surface area contributed by atoms with Crippen molar-refractivity contribution in [1.29, 1.82) is 0 Å². The molecule has 0 radical (unpaired) electrons. The molecule has 0 bridgehead atoms. The maximum Gasteiger partial charge on any atom is 0.294 e. The molecule has 0 aliphatic rings. The van der Waals surface area contributed by atoms with Crippen molar-refractivity contribution in [3.8, 4) is 0 Å². The molecule has 0 saturated heterocycles. The number of anilines is 2. The molecule has 0 saturated carbocycles. The lowest BCUT2D eigenvalue weighted by molar-refractivity contribution is -0.383. The van der Waals surface area contributed by atoms with Gasteiger partial charge in [-0.2, -0.15) is 0 Å². The Labute approximate surface area is 121 Å². The van der Waals surface area contributed by atoms with Crippen LogP contribution in [0.1, 0.15) is 5.56 Å². The highest BCUT2D eigenvalue weighted by Gasteiger charge is 2.16. The molecule has 110 valence electrons. The van der Waals surface area contributed by atoms with Crippen molar-refractivity contribution in [3.63, 3.8) is 0 Å². The maximum atomic E-state index is 12.0. The van der Waals surface area contributed by atoms with Crippen LogP contribution in [0.5, 0.6) is 0 Å². The number of nitro benzene ring substituents is 1. The van der Waals surface area contributed by atoms with Crippen molar-refractivity contribution in [2.75, 3.05) is 10.5 Å². The third-order valence-corrected chi connectivity index (χ3v) is 3.96. The summed E-state index contributed by atoms with van der Waals surface area (Å²) >= 11 is 0. The van der Waals surface area contributed by atoms with Crippen LogP contribution in [0.25, 0.3) is 0 Å². The van der Waals surface area contributed by atoms with E-state index in [4.69, 9.17) is 5.73 Å². The van der Waals surface area contributed by atoms with Gasteiger partial charge in [0.05, 0.1) is 16.4 Å². The molecular formula is C13H13N3O4S. The average Bonchev–Trinajstić information content (AvgIpc) is 2.41. The molecule has 2 aromatic rings. The van der Waals surface area contributed by atoms with E-state index in [1.807, 2.05) is 0 Å². The van der Waals surface area contributed by atoms with Crippen molar-refractivity contribution >= 4 is 27.1 Å². The van der Waals surface area contributed by atoms with Crippen LogP contribution in [-0.4, -0.2) is 13.3 Å². The van der Waals surface area contributed by atoms with Crippen molar-refractivity contribution in [2.24, 2.45) is 0 Å². The molecule has 0 aliphatic carbocycles. The quantitative estimate of drug-likeness (QED) is 0.498. The molecule has 2 aromatic carbocycles. The second-order valence-corrected chi connectivity index (χ2v) is 6.10. The van der Waals surface area contributed by atoms with Crippen LogP contribution in [0.3, 0.4) is 0 Å². The Morgan fingerprint density at radius 1 is 1.14 bits per heavy atom.